The maximum atomic E-state index is 15.1. The van der Waals surface area contributed by atoms with Crippen LogP contribution in [0.4, 0.5) is 19.3 Å². The van der Waals surface area contributed by atoms with Crippen molar-refractivity contribution in [3.63, 3.8) is 0 Å². The molecule has 1 aliphatic carbocycles. The molecule has 0 aromatic heterocycles. The second-order valence-electron chi connectivity index (χ2n) is 9.84. The molecule has 1 heterocycles. The van der Waals surface area contributed by atoms with Crippen molar-refractivity contribution in [1.82, 2.24) is 4.90 Å². The number of anilines is 1. The number of benzene rings is 2. The minimum atomic E-state index is -1.26. The standard InChI is InChI=1S/C26H30F2N2O5/c1-26(2,14-35-13-15-4-5-15)22-20(27)11-17(12-21(22)28)29-24(31)23-19-7-6-18(34-3)10-16(19)8-9-30(23)25(32)33/h6-7,10-12,15,23H,4-5,8-9,13-14H2,1-3H3,(H,29,31)(H,32,33)/t23-/m0/s1. The van der Waals surface area contributed by atoms with Crippen LogP contribution in [0.3, 0.4) is 0 Å². The molecule has 0 radical (unpaired) electrons. The van der Waals surface area contributed by atoms with Crippen molar-refractivity contribution in [2.24, 2.45) is 5.92 Å². The van der Waals surface area contributed by atoms with Crippen LogP contribution in [0.2, 0.25) is 0 Å². The lowest BCUT2D eigenvalue weighted by molar-refractivity contribution is -0.121. The molecule has 4 rings (SSSR count). The molecule has 2 aromatic carbocycles. The molecule has 2 N–H and O–H groups in total. The summed E-state index contributed by atoms with van der Waals surface area (Å²) in [6.07, 6.45) is 1.40. The van der Waals surface area contributed by atoms with Gasteiger partial charge in [0.15, 0.2) is 0 Å². The van der Waals surface area contributed by atoms with E-state index in [1.807, 2.05) is 0 Å². The summed E-state index contributed by atoms with van der Waals surface area (Å²) < 4.78 is 41.0. The molecule has 0 spiro atoms. The molecule has 2 amide bonds. The van der Waals surface area contributed by atoms with Crippen molar-refractivity contribution in [3.05, 3.63) is 58.7 Å². The third kappa shape index (κ3) is 5.40. The molecule has 1 fully saturated rings. The Morgan fingerprint density at radius 3 is 2.46 bits per heavy atom. The van der Waals surface area contributed by atoms with Gasteiger partial charge in [0.25, 0.3) is 5.91 Å². The molecule has 1 aliphatic heterocycles. The van der Waals surface area contributed by atoms with E-state index in [1.165, 1.54) is 7.11 Å². The number of carbonyl (C=O) groups excluding carboxylic acids is 1. The quantitative estimate of drug-likeness (QED) is 0.552. The number of nitrogens with zero attached hydrogens (tertiary/aromatic N) is 1. The van der Waals surface area contributed by atoms with Gasteiger partial charge < -0.3 is 19.9 Å². The molecular formula is C26H30F2N2O5. The number of hydrogen-bond acceptors (Lipinski definition) is 4. The fraction of sp³-hybridized carbons (Fsp3) is 0.462. The van der Waals surface area contributed by atoms with Gasteiger partial charge in [-0.15, -0.1) is 0 Å². The number of carbonyl (C=O) groups is 2. The molecule has 2 aromatic rings. The van der Waals surface area contributed by atoms with Gasteiger partial charge in [0, 0.05) is 29.8 Å². The van der Waals surface area contributed by atoms with Gasteiger partial charge in [0.2, 0.25) is 0 Å². The summed E-state index contributed by atoms with van der Waals surface area (Å²) in [7, 11) is 1.52. The average Bonchev–Trinajstić information content (AvgIpc) is 3.61. The highest BCUT2D eigenvalue weighted by molar-refractivity contribution is 5.97. The van der Waals surface area contributed by atoms with Crippen LogP contribution in [-0.2, 0) is 21.4 Å². The van der Waals surface area contributed by atoms with Gasteiger partial charge in [-0.2, -0.15) is 0 Å². The van der Waals surface area contributed by atoms with Crippen LogP contribution in [-0.4, -0.2) is 48.9 Å². The molecule has 2 aliphatic rings. The predicted octanol–water partition coefficient (Wildman–Crippen LogP) is 4.89. The third-order valence-electron chi connectivity index (χ3n) is 6.57. The van der Waals surface area contributed by atoms with Crippen molar-refractivity contribution in [3.8, 4) is 5.75 Å². The molecule has 1 atom stereocenters. The topological polar surface area (TPSA) is 88.1 Å². The Hall–Kier alpha value is -3.20. The van der Waals surface area contributed by atoms with Gasteiger partial charge in [-0.05, 0) is 60.6 Å². The molecule has 35 heavy (non-hydrogen) atoms. The van der Waals surface area contributed by atoms with E-state index in [9.17, 15) is 14.7 Å². The van der Waals surface area contributed by atoms with Crippen LogP contribution < -0.4 is 10.1 Å². The summed E-state index contributed by atoms with van der Waals surface area (Å²) in [6.45, 7) is 4.26. The van der Waals surface area contributed by atoms with Gasteiger partial charge >= 0.3 is 6.09 Å². The van der Waals surface area contributed by atoms with Gasteiger partial charge in [0.1, 0.15) is 23.4 Å². The minimum Gasteiger partial charge on any atom is -0.497 e. The number of rotatable bonds is 8. The molecule has 7 nitrogen and oxygen atoms in total. The summed E-state index contributed by atoms with van der Waals surface area (Å²) in [5.74, 6) is -1.17. The molecule has 1 saturated carbocycles. The smallest absolute Gasteiger partial charge is 0.408 e. The zero-order valence-corrected chi connectivity index (χ0v) is 20.1. The van der Waals surface area contributed by atoms with Crippen LogP contribution in [0, 0.1) is 17.6 Å². The number of nitrogens with one attached hydrogen (secondary N) is 1. The Morgan fingerprint density at radius 1 is 1.17 bits per heavy atom. The summed E-state index contributed by atoms with van der Waals surface area (Å²) in [6, 6.07) is 5.99. The number of methoxy groups -OCH3 is 1. The van der Waals surface area contributed by atoms with E-state index in [0.717, 1.165) is 35.4 Å². The monoisotopic (exact) mass is 488 g/mol. The minimum absolute atomic E-state index is 0.0885. The number of hydrogen-bond donors (Lipinski definition) is 2. The van der Waals surface area contributed by atoms with Gasteiger partial charge in [-0.3, -0.25) is 9.69 Å². The zero-order valence-electron chi connectivity index (χ0n) is 20.1. The Kier molecular flexibility index (Phi) is 6.98. The van der Waals surface area contributed by atoms with Crippen LogP contribution >= 0.6 is 0 Å². The molecule has 0 saturated heterocycles. The Morgan fingerprint density at radius 2 is 1.86 bits per heavy atom. The average molecular weight is 489 g/mol. The number of carboxylic acid groups (broad SMARTS) is 1. The van der Waals surface area contributed by atoms with E-state index in [2.05, 4.69) is 5.32 Å². The fourth-order valence-corrected chi connectivity index (χ4v) is 4.56. The van der Waals surface area contributed by atoms with E-state index in [0.29, 0.717) is 30.3 Å². The lowest BCUT2D eigenvalue weighted by Crippen LogP contribution is -2.44. The van der Waals surface area contributed by atoms with Crippen molar-refractivity contribution in [2.75, 3.05) is 32.2 Å². The Balaban J connectivity index is 1.56. The first kappa shape index (κ1) is 24.9. The van der Waals surface area contributed by atoms with E-state index >= 15 is 8.78 Å². The molecule has 0 bridgehead atoms. The number of amides is 2. The summed E-state index contributed by atoms with van der Waals surface area (Å²) in [4.78, 5) is 26.1. The molecule has 9 heteroatoms. The van der Waals surface area contributed by atoms with Gasteiger partial charge in [0.05, 0.1) is 13.7 Å². The van der Waals surface area contributed by atoms with E-state index < -0.39 is 35.1 Å². The van der Waals surface area contributed by atoms with Crippen molar-refractivity contribution < 1.29 is 33.0 Å². The lowest BCUT2D eigenvalue weighted by Gasteiger charge is -2.34. The number of halogens is 2. The SMILES string of the molecule is COc1ccc2c(c1)CCN(C(=O)O)[C@@H]2C(=O)Nc1cc(F)c(C(C)(C)COCC2CC2)c(F)c1. The van der Waals surface area contributed by atoms with Crippen LogP contribution in [0.15, 0.2) is 30.3 Å². The number of ether oxygens (including phenoxy) is 2. The van der Waals surface area contributed by atoms with E-state index in [1.54, 1.807) is 32.0 Å². The predicted molar refractivity (Wildman–Crippen MR) is 126 cm³/mol. The molecule has 0 unspecified atom stereocenters. The number of fused-ring (bicyclic) bond motifs is 1. The highest BCUT2D eigenvalue weighted by Gasteiger charge is 2.37. The highest BCUT2D eigenvalue weighted by atomic mass is 19.1. The maximum Gasteiger partial charge on any atom is 0.408 e. The largest absolute Gasteiger partial charge is 0.497 e. The summed E-state index contributed by atoms with van der Waals surface area (Å²) in [5, 5.41) is 12.2. The first-order chi connectivity index (χ1) is 16.6. The first-order valence-electron chi connectivity index (χ1n) is 11.6. The first-order valence-corrected chi connectivity index (χ1v) is 11.6. The summed E-state index contributed by atoms with van der Waals surface area (Å²) >= 11 is 0. The lowest BCUT2D eigenvalue weighted by atomic mass is 9.84. The van der Waals surface area contributed by atoms with E-state index in [4.69, 9.17) is 9.47 Å². The van der Waals surface area contributed by atoms with Gasteiger partial charge in [-0.25, -0.2) is 13.6 Å². The fourth-order valence-electron chi connectivity index (χ4n) is 4.56. The van der Waals surface area contributed by atoms with Crippen LogP contribution in [0.25, 0.3) is 0 Å². The van der Waals surface area contributed by atoms with Crippen molar-refractivity contribution >= 4 is 17.7 Å². The second-order valence-corrected chi connectivity index (χ2v) is 9.84. The van der Waals surface area contributed by atoms with E-state index in [-0.39, 0.29) is 24.4 Å². The van der Waals surface area contributed by atoms with Crippen LogP contribution in [0.5, 0.6) is 5.75 Å². The Bertz CT molecular complexity index is 1110. The zero-order chi connectivity index (χ0) is 25.3. The molecule has 188 valence electrons. The van der Waals surface area contributed by atoms with Crippen molar-refractivity contribution in [1.29, 1.82) is 0 Å². The normalized spacial score (nSPS) is 17.6. The van der Waals surface area contributed by atoms with Crippen LogP contribution in [0.1, 0.15) is 49.4 Å². The maximum absolute atomic E-state index is 15.1. The second kappa shape index (κ2) is 9.81. The third-order valence-corrected chi connectivity index (χ3v) is 6.57. The van der Waals surface area contributed by atoms with Gasteiger partial charge in [-0.1, -0.05) is 19.9 Å². The summed E-state index contributed by atoms with van der Waals surface area (Å²) in [5.41, 5.74) is 0.168. The Labute approximate surface area is 203 Å². The van der Waals surface area contributed by atoms with Crippen molar-refractivity contribution in [2.45, 2.75) is 44.6 Å². The molecular weight excluding hydrogens is 458 g/mol. The highest BCUT2D eigenvalue weighted by Crippen LogP contribution is 2.35.